The number of rotatable bonds is 5. The molecule has 3 rings (SSSR count). The molecule has 5 atom stereocenters. The largest absolute Gasteiger partial charge is 0.516 e. The minimum atomic E-state index is -5.88. The maximum Gasteiger partial charge on any atom is 0.516 e. The Morgan fingerprint density at radius 2 is 1.94 bits per heavy atom. The number of carboxylic acid groups (broad SMARTS) is 1. The molecule has 2 aliphatic heterocycles. The van der Waals surface area contributed by atoms with Crippen LogP contribution in [0.5, 0.6) is 0 Å². The van der Waals surface area contributed by atoms with Gasteiger partial charge < -0.3 is 14.7 Å². The lowest BCUT2D eigenvalue weighted by Crippen LogP contribution is -2.57. The van der Waals surface area contributed by atoms with Gasteiger partial charge in [-0.1, -0.05) is 0 Å². The van der Waals surface area contributed by atoms with Crippen LogP contribution >= 0.6 is 0 Å². The Kier molecular flexibility index (Phi) is 6.07. The van der Waals surface area contributed by atoms with Gasteiger partial charge in [0.15, 0.2) is 0 Å². The van der Waals surface area contributed by atoms with E-state index < -0.39 is 70.2 Å². The molecule has 0 aromatic carbocycles. The van der Waals surface area contributed by atoms with Crippen molar-refractivity contribution in [3.05, 3.63) is 0 Å². The van der Waals surface area contributed by atoms with Crippen molar-refractivity contribution in [1.29, 1.82) is 5.26 Å². The number of nitriles is 1. The fraction of sp³-hybridized carbons (Fsp3) is 0.750. The van der Waals surface area contributed by atoms with Crippen LogP contribution in [0, 0.1) is 17.2 Å². The van der Waals surface area contributed by atoms with E-state index in [0.717, 1.165) is 9.62 Å². The van der Waals surface area contributed by atoms with Crippen molar-refractivity contribution in [2.24, 2.45) is 5.92 Å². The van der Waals surface area contributed by atoms with Crippen molar-refractivity contribution < 1.29 is 45.8 Å². The Morgan fingerprint density at radius 3 is 2.52 bits per heavy atom. The molecule has 2 heterocycles. The van der Waals surface area contributed by atoms with Crippen molar-refractivity contribution >= 4 is 27.9 Å². The lowest BCUT2D eigenvalue weighted by Gasteiger charge is -2.38. The number of alkyl halides is 3. The van der Waals surface area contributed by atoms with Gasteiger partial charge in [-0.2, -0.15) is 26.9 Å². The summed E-state index contributed by atoms with van der Waals surface area (Å²) in [6.07, 6.45) is -0.779. The number of nitrogens with zero attached hydrogens (tertiary/aromatic N) is 3. The van der Waals surface area contributed by atoms with E-state index in [0.29, 0.717) is 19.4 Å². The van der Waals surface area contributed by atoms with Gasteiger partial charge in [0.1, 0.15) is 18.7 Å². The summed E-state index contributed by atoms with van der Waals surface area (Å²) in [6, 6.07) is -0.458. The number of likely N-dealkylation sites (tertiary alicyclic amines) is 2. The van der Waals surface area contributed by atoms with Gasteiger partial charge in [0.05, 0.1) is 18.2 Å². The number of nitrogens with one attached hydrogen (secondary N) is 1. The number of ether oxygens (including phenoxy) is 1. The summed E-state index contributed by atoms with van der Waals surface area (Å²) in [4.78, 5) is 38.6. The molecule has 3 fully saturated rings. The van der Waals surface area contributed by atoms with Crippen molar-refractivity contribution in [3.8, 4) is 6.07 Å². The number of fused-ring (bicyclic) bond motifs is 2. The lowest BCUT2D eigenvalue weighted by atomic mass is 9.96. The van der Waals surface area contributed by atoms with Crippen molar-refractivity contribution in [3.63, 3.8) is 0 Å². The average molecular weight is 468 g/mol. The summed E-state index contributed by atoms with van der Waals surface area (Å²) in [7, 11) is -5.88. The van der Waals surface area contributed by atoms with Crippen molar-refractivity contribution in [1.82, 2.24) is 14.5 Å². The predicted octanol–water partition coefficient (Wildman–Crippen LogP) is -0.00722. The Balaban J connectivity index is 1.64. The number of halogens is 3. The van der Waals surface area contributed by atoms with E-state index in [2.05, 4.69) is 0 Å². The summed E-state index contributed by atoms with van der Waals surface area (Å²) >= 11 is 0. The molecule has 0 unspecified atom stereocenters. The van der Waals surface area contributed by atoms with Crippen LogP contribution in [0.3, 0.4) is 0 Å². The second kappa shape index (κ2) is 8.15. The molecule has 31 heavy (non-hydrogen) atoms. The minimum absolute atomic E-state index is 0.162. The fourth-order valence-corrected chi connectivity index (χ4v) is 4.99. The third kappa shape index (κ3) is 4.26. The van der Waals surface area contributed by atoms with Gasteiger partial charge in [-0.25, -0.2) is 9.52 Å². The Bertz CT molecular complexity index is 919. The number of hydrogen-bond donors (Lipinski definition) is 2. The maximum atomic E-state index is 12.9. The van der Waals surface area contributed by atoms with Gasteiger partial charge in [0.2, 0.25) is 5.91 Å². The summed E-state index contributed by atoms with van der Waals surface area (Å²) in [5.41, 5.74) is -5.67. The molecule has 0 aromatic rings. The number of carbonyl (C=O) groups excluding carboxylic acids is 2. The van der Waals surface area contributed by atoms with E-state index >= 15 is 0 Å². The highest BCUT2D eigenvalue weighted by Gasteiger charge is 2.58. The first-order valence-corrected chi connectivity index (χ1v) is 10.8. The van der Waals surface area contributed by atoms with E-state index in [4.69, 9.17) is 4.74 Å². The number of sulfonamides is 1. The average Bonchev–Trinajstić information content (AvgIpc) is 3.37. The standard InChI is InChI=1S/C16H19F3N4O7S/c17-16(18,19)31(28,29)21-12(24)7-30-11-5-8-4-10(11)23(15(26)27)13(8)14(25)22-3-1-2-9(22)6-20/h8-11,13H,1-5,7H2,(H,21,24)(H,26,27)/t8-,9-,10+,11+,13-/m0/s1. The van der Waals surface area contributed by atoms with E-state index in [1.165, 1.54) is 4.90 Å². The number of carbonyl (C=O) groups is 3. The van der Waals surface area contributed by atoms with Crippen LogP contribution in [0.1, 0.15) is 25.7 Å². The summed E-state index contributed by atoms with van der Waals surface area (Å²) < 4.78 is 64.9. The molecule has 172 valence electrons. The van der Waals surface area contributed by atoms with E-state index in [1.807, 2.05) is 6.07 Å². The van der Waals surface area contributed by atoms with Crippen LogP contribution in [0.2, 0.25) is 0 Å². The van der Waals surface area contributed by atoms with Gasteiger partial charge in [-0.15, -0.1) is 0 Å². The van der Waals surface area contributed by atoms with Gasteiger partial charge in [0, 0.05) is 6.54 Å². The molecule has 11 nitrogen and oxygen atoms in total. The molecule has 15 heteroatoms. The smallest absolute Gasteiger partial charge is 0.465 e. The quantitative estimate of drug-likeness (QED) is 0.571. The predicted molar refractivity (Wildman–Crippen MR) is 93.4 cm³/mol. The third-order valence-corrected chi connectivity index (χ3v) is 6.86. The van der Waals surface area contributed by atoms with Crippen LogP contribution in [0.4, 0.5) is 18.0 Å². The molecular formula is C16H19F3N4O7S. The fourth-order valence-electron chi connectivity index (χ4n) is 4.51. The Hall–Kier alpha value is -2.60. The van der Waals surface area contributed by atoms with Crippen molar-refractivity contribution in [2.45, 2.75) is 55.4 Å². The molecule has 3 aliphatic rings. The lowest BCUT2D eigenvalue weighted by molar-refractivity contribution is -0.141. The normalized spacial score (nSPS) is 30.3. The zero-order valence-electron chi connectivity index (χ0n) is 15.9. The van der Waals surface area contributed by atoms with Crippen LogP contribution in [-0.4, -0.2) is 84.1 Å². The maximum absolute atomic E-state index is 12.9. The van der Waals surface area contributed by atoms with E-state index in [9.17, 15) is 46.3 Å². The van der Waals surface area contributed by atoms with Crippen LogP contribution in [0.15, 0.2) is 0 Å². The molecule has 2 N–H and O–H groups in total. The van der Waals surface area contributed by atoms with E-state index in [1.54, 1.807) is 0 Å². The monoisotopic (exact) mass is 468 g/mol. The molecule has 2 bridgehead atoms. The van der Waals surface area contributed by atoms with Gasteiger partial charge in [-0.3, -0.25) is 14.5 Å². The topological polar surface area (TPSA) is 157 Å². The minimum Gasteiger partial charge on any atom is -0.465 e. The first-order valence-electron chi connectivity index (χ1n) is 9.32. The van der Waals surface area contributed by atoms with Gasteiger partial charge in [-0.05, 0) is 31.6 Å². The molecule has 0 spiro atoms. The molecular weight excluding hydrogens is 449 g/mol. The van der Waals surface area contributed by atoms with Gasteiger partial charge >= 0.3 is 21.6 Å². The third-order valence-electron chi connectivity index (χ3n) is 5.75. The summed E-state index contributed by atoms with van der Waals surface area (Å²) in [5, 5.41) is 18.8. The van der Waals surface area contributed by atoms with Gasteiger partial charge in [0.25, 0.3) is 5.91 Å². The molecule has 3 amide bonds. The second-order valence-corrected chi connectivity index (χ2v) is 9.25. The zero-order valence-corrected chi connectivity index (χ0v) is 16.7. The summed E-state index contributed by atoms with van der Waals surface area (Å²) in [6.45, 7) is -0.690. The highest BCUT2D eigenvalue weighted by molar-refractivity contribution is 7.90. The molecule has 0 radical (unpaired) electrons. The van der Waals surface area contributed by atoms with Crippen LogP contribution < -0.4 is 4.72 Å². The molecule has 0 aromatic heterocycles. The van der Waals surface area contributed by atoms with Crippen LogP contribution in [0.25, 0.3) is 0 Å². The molecule has 2 saturated heterocycles. The Labute approximate surface area is 174 Å². The first-order chi connectivity index (χ1) is 14.4. The summed E-state index contributed by atoms with van der Waals surface area (Å²) in [5.74, 6) is -2.49. The van der Waals surface area contributed by atoms with Crippen molar-refractivity contribution in [2.75, 3.05) is 13.2 Å². The molecule has 1 aliphatic carbocycles. The zero-order chi connectivity index (χ0) is 23.1. The first kappa shape index (κ1) is 23.1. The second-order valence-electron chi connectivity index (χ2n) is 7.58. The number of amides is 3. The number of hydrogen-bond acceptors (Lipinski definition) is 7. The van der Waals surface area contributed by atoms with E-state index in [-0.39, 0.29) is 12.8 Å². The Morgan fingerprint density at radius 1 is 1.26 bits per heavy atom. The molecule has 1 saturated carbocycles. The van der Waals surface area contributed by atoms with Crippen LogP contribution in [-0.2, 0) is 24.3 Å². The SMILES string of the molecule is N#C[C@@H]1CCCN1C(=O)[C@@H]1[C@H]2C[C@H]([C@H](OCC(=O)NS(=O)(=O)C(F)(F)F)C2)N1C(=O)O. The number of piperidine rings is 1. The highest BCUT2D eigenvalue weighted by atomic mass is 32.2. The highest BCUT2D eigenvalue weighted by Crippen LogP contribution is 2.45.